The van der Waals surface area contributed by atoms with Gasteiger partial charge in [-0.1, -0.05) is 6.07 Å². The Morgan fingerprint density at radius 3 is 2.00 bits per heavy atom. The smallest absolute Gasteiger partial charge is 0.378 e. The van der Waals surface area contributed by atoms with E-state index in [0.717, 1.165) is 29.3 Å². The molecule has 4 heterocycles. The largest absolute Gasteiger partial charge is 0.433 e. The number of anilines is 1. The fourth-order valence-corrected chi connectivity index (χ4v) is 3.10. The summed E-state index contributed by atoms with van der Waals surface area (Å²) in [6.45, 7) is -2.03. The highest BCUT2D eigenvalue weighted by molar-refractivity contribution is 5.62. The predicted molar refractivity (Wildman–Crippen MR) is 99.5 cm³/mol. The quantitative estimate of drug-likeness (QED) is 0.530. The molecule has 0 atom stereocenters. The van der Waals surface area contributed by atoms with Gasteiger partial charge in [-0.25, -0.2) is 9.97 Å². The topological polar surface area (TPSA) is 87.9 Å². The van der Waals surface area contributed by atoms with Crippen LogP contribution in [0.3, 0.4) is 0 Å². The molecule has 0 unspecified atom stereocenters. The molecule has 0 amide bonds. The second-order valence-electron chi connectivity index (χ2n) is 7.50. The van der Waals surface area contributed by atoms with E-state index in [-0.39, 0.29) is 5.56 Å². The number of halogens is 9. The van der Waals surface area contributed by atoms with Crippen LogP contribution >= 0.6 is 0 Å². The van der Waals surface area contributed by atoms with Gasteiger partial charge in [0.2, 0.25) is 5.95 Å². The molecule has 0 spiro atoms. The number of hydrogen-bond acceptors (Lipinski definition) is 7. The maximum absolute atomic E-state index is 13.1. The van der Waals surface area contributed by atoms with Crippen LogP contribution in [0.4, 0.5) is 45.5 Å². The molecule has 0 saturated carbocycles. The minimum absolute atomic E-state index is 0.282. The minimum Gasteiger partial charge on any atom is -0.378 e. The lowest BCUT2D eigenvalue weighted by atomic mass is 9.94. The third-order valence-electron chi connectivity index (χ3n) is 4.92. The lowest BCUT2D eigenvalue weighted by Gasteiger charge is -2.46. The van der Waals surface area contributed by atoms with E-state index in [9.17, 15) is 44.6 Å². The zero-order chi connectivity index (χ0) is 25.8. The number of β-amino-alcohol motifs (C(OH)–C–C–N with tert-alkyl or cyclic N) is 1. The van der Waals surface area contributed by atoms with Crippen LogP contribution in [0.25, 0.3) is 22.9 Å². The molecule has 35 heavy (non-hydrogen) atoms. The van der Waals surface area contributed by atoms with E-state index in [1.807, 2.05) is 0 Å². The highest BCUT2D eigenvalue weighted by Gasteiger charge is 2.61. The van der Waals surface area contributed by atoms with E-state index in [2.05, 4.69) is 24.9 Å². The molecular weight excluding hydrogens is 499 g/mol. The lowest BCUT2D eigenvalue weighted by molar-refractivity contribution is -0.267. The maximum atomic E-state index is 13.1. The van der Waals surface area contributed by atoms with Crippen LogP contribution in [0, 0.1) is 0 Å². The molecular formula is C19H11F9N6O. The van der Waals surface area contributed by atoms with Crippen LogP contribution in [0.2, 0.25) is 0 Å². The molecule has 1 aliphatic heterocycles. The monoisotopic (exact) mass is 510 g/mol. The molecule has 0 aliphatic carbocycles. The predicted octanol–water partition coefficient (Wildman–Crippen LogP) is 4.15. The first-order chi connectivity index (χ1) is 16.1. The van der Waals surface area contributed by atoms with E-state index >= 15 is 0 Å². The van der Waals surface area contributed by atoms with Gasteiger partial charge >= 0.3 is 18.5 Å². The Balaban J connectivity index is 1.82. The summed E-state index contributed by atoms with van der Waals surface area (Å²) in [6, 6.07) is 4.34. The summed E-state index contributed by atoms with van der Waals surface area (Å²) in [5, 5.41) is 9.69. The van der Waals surface area contributed by atoms with Gasteiger partial charge in [-0.05, 0) is 24.3 Å². The van der Waals surface area contributed by atoms with Crippen LogP contribution in [0.1, 0.15) is 11.4 Å². The van der Waals surface area contributed by atoms with Gasteiger partial charge in [-0.3, -0.25) is 4.98 Å². The molecule has 4 rings (SSSR count). The van der Waals surface area contributed by atoms with Gasteiger partial charge < -0.3 is 10.0 Å². The lowest BCUT2D eigenvalue weighted by Crippen LogP contribution is -2.69. The molecule has 1 aliphatic rings. The first-order valence-electron chi connectivity index (χ1n) is 9.45. The van der Waals surface area contributed by atoms with Crippen molar-refractivity contribution in [3.63, 3.8) is 0 Å². The normalized spacial score (nSPS) is 16.2. The Kier molecular flexibility index (Phi) is 5.61. The SMILES string of the molecule is OC1(C(F)(F)F)CN(c2nc(-c3ccnc(C(F)(F)F)c3)nc(-c3cccc(C(F)(F)F)n3)n2)C1. The second kappa shape index (κ2) is 8.00. The molecule has 3 aromatic rings. The first-order valence-corrected chi connectivity index (χ1v) is 9.45. The maximum Gasteiger partial charge on any atom is 0.433 e. The Labute approximate surface area is 189 Å². The van der Waals surface area contributed by atoms with Gasteiger partial charge in [0.05, 0.1) is 13.1 Å². The number of aliphatic hydroxyl groups is 1. The zero-order valence-electron chi connectivity index (χ0n) is 16.9. The third-order valence-corrected chi connectivity index (χ3v) is 4.92. The van der Waals surface area contributed by atoms with Crippen molar-refractivity contribution >= 4 is 5.95 Å². The van der Waals surface area contributed by atoms with Crippen LogP contribution in [0.5, 0.6) is 0 Å². The van der Waals surface area contributed by atoms with Gasteiger partial charge in [-0.2, -0.15) is 49.5 Å². The van der Waals surface area contributed by atoms with Crippen LogP contribution in [-0.4, -0.2) is 54.9 Å². The van der Waals surface area contributed by atoms with Gasteiger partial charge in [-0.15, -0.1) is 0 Å². The molecule has 7 nitrogen and oxygen atoms in total. The number of aromatic nitrogens is 5. The number of nitrogens with zero attached hydrogens (tertiary/aromatic N) is 6. The van der Waals surface area contributed by atoms with Crippen molar-refractivity contribution in [2.24, 2.45) is 0 Å². The molecule has 0 radical (unpaired) electrons. The van der Waals surface area contributed by atoms with Crippen molar-refractivity contribution in [1.82, 2.24) is 24.9 Å². The zero-order valence-corrected chi connectivity index (χ0v) is 16.9. The summed E-state index contributed by atoms with van der Waals surface area (Å²) in [7, 11) is 0. The standard InChI is InChI=1S/C19H11F9N6O/c20-17(21,22)11-3-1-2-10(30-11)14-31-13(9-4-5-29-12(6-9)18(23,24)25)32-15(33-14)34-7-16(35,8-34)19(26,27)28/h1-6,35H,7-8H2. The second-order valence-corrected chi connectivity index (χ2v) is 7.50. The number of rotatable bonds is 3. The van der Waals surface area contributed by atoms with Crippen molar-refractivity contribution in [1.29, 1.82) is 0 Å². The van der Waals surface area contributed by atoms with Gasteiger partial charge in [0, 0.05) is 11.8 Å². The summed E-state index contributed by atoms with van der Waals surface area (Å²) < 4.78 is 118. The molecule has 16 heteroatoms. The van der Waals surface area contributed by atoms with Gasteiger partial charge in [0.1, 0.15) is 17.1 Å². The molecule has 1 fully saturated rings. The number of pyridine rings is 2. The van der Waals surface area contributed by atoms with Crippen molar-refractivity contribution in [2.75, 3.05) is 18.0 Å². The summed E-state index contributed by atoms with van der Waals surface area (Å²) in [4.78, 5) is 19.0. The van der Waals surface area contributed by atoms with E-state index in [1.54, 1.807) is 0 Å². The fourth-order valence-electron chi connectivity index (χ4n) is 3.10. The van der Waals surface area contributed by atoms with Crippen LogP contribution in [-0.2, 0) is 12.4 Å². The van der Waals surface area contributed by atoms with E-state index in [4.69, 9.17) is 0 Å². The Bertz CT molecular complexity index is 1180. The molecule has 186 valence electrons. The minimum atomic E-state index is -4.99. The third kappa shape index (κ3) is 4.82. The first kappa shape index (κ1) is 24.6. The van der Waals surface area contributed by atoms with E-state index in [0.29, 0.717) is 12.1 Å². The summed E-state index contributed by atoms with van der Waals surface area (Å²) >= 11 is 0. The van der Waals surface area contributed by atoms with Crippen molar-refractivity contribution in [3.8, 4) is 22.9 Å². The Morgan fingerprint density at radius 1 is 0.771 bits per heavy atom. The highest BCUT2D eigenvalue weighted by atomic mass is 19.4. The average Bonchev–Trinajstić information content (AvgIpc) is 2.75. The van der Waals surface area contributed by atoms with Crippen molar-refractivity contribution < 1.29 is 44.6 Å². The highest BCUT2D eigenvalue weighted by Crippen LogP contribution is 2.40. The molecule has 1 N–H and O–H groups in total. The summed E-state index contributed by atoms with van der Waals surface area (Å²) in [5.41, 5.74) is -6.48. The van der Waals surface area contributed by atoms with Crippen molar-refractivity contribution in [2.45, 2.75) is 24.1 Å². The van der Waals surface area contributed by atoms with Gasteiger partial charge in [0.25, 0.3) is 0 Å². The Morgan fingerprint density at radius 2 is 1.40 bits per heavy atom. The molecule has 1 saturated heterocycles. The molecule has 0 aromatic carbocycles. The van der Waals surface area contributed by atoms with Gasteiger partial charge in [0.15, 0.2) is 17.2 Å². The van der Waals surface area contributed by atoms with Crippen LogP contribution < -0.4 is 4.90 Å². The van der Waals surface area contributed by atoms with E-state index in [1.165, 1.54) is 0 Å². The Hall–Kier alpha value is -3.56. The molecule has 0 bridgehead atoms. The molecule has 3 aromatic heterocycles. The number of hydrogen-bond donors (Lipinski definition) is 1. The van der Waals surface area contributed by atoms with Crippen LogP contribution in [0.15, 0.2) is 36.5 Å². The average molecular weight is 510 g/mol. The summed E-state index contributed by atoms with van der Waals surface area (Å²) in [5.74, 6) is -1.54. The van der Waals surface area contributed by atoms with Crippen molar-refractivity contribution in [3.05, 3.63) is 47.9 Å². The summed E-state index contributed by atoms with van der Waals surface area (Å²) in [6.07, 6.45) is -13.9. The number of alkyl halides is 9. The fraction of sp³-hybridized carbons (Fsp3) is 0.316. The van der Waals surface area contributed by atoms with E-state index < -0.39 is 71.9 Å².